The summed E-state index contributed by atoms with van der Waals surface area (Å²) in [5.41, 5.74) is 7.19. The van der Waals surface area contributed by atoms with Crippen LogP contribution in [0.1, 0.15) is 11.1 Å². The lowest BCUT2D eigenvalue weighted by Gasteiger charge is -2.07. The number of ether oxygens (including phenoxy) is 1. The monoisotopic (exact) mass is 265 g/mol. The summed E-state index contributed by atoms with van der Waals surface area (Å²) < 4.78 is 18.7. The van der Waals surface area contributed by atoms with Crippen molar-refractivity contribution < 1.29 is 9.13 Å². The van der Waals surface area contributed by atoms with E-state index in [0.29, 0.717) is 18.2 Å². The second-order valence-electron chi connectivity index (χ2n) is 3.94. The molecule has 2 aromatic rings. The average molecular weight is 266 g/mol. The van der Waals surface area contributed by atoms with Crippen molar-refractivity contribution in [3.63, 3.8) is 0 Å². The first kappa shape index (κ1) is 12.9. The molecule has 18 heavy (non-hydrogen) atoms. The maximum Gasteiger partial charge on any atom is 0.146 e. The number of anilines is 1. The van der Waals surface area contributed by atoms with Crippen LogP contribution in [-0.2, 0) is 18.0 Å². The Morgan fingerprint density at radius 3 is 2.61 bits per heavy atom. The number of nitrogen functional groups attached to an aromatic ring is 1. The molecule has 0 fully saturated rings. The van der Waals surface area contributed by atoms with E-state index in [1.807, 2.05) is 24.3 Å². The summed E-state index contributed by atoms with van der Waals surface area (Å²) in [6.45, 7) is 0.716. The van der Waals surface area contributed by atoms with Crippen LogP contribution in [0.4, 0.5) is 10.1 Å². The van der Waals surface area contributed by atoms with Gasteiger partial charge < -0.3 is 10.5 Å². The quantitative estimate of drug-likeness (QED) is 0.854. The topological polar surface area (TPSA) is 35.2 Å². The van der Waals surface area contributed by atoms with Gasteiger partial charge in [0.2, 0.25) is 0 Å². The molecule has 0 atom stereocenters. The van der Waals surface area contributed by atoms with Gasteiger partial charge in [0.05, 0.1) is 18.9 Å². The van der Waals surface area contributed by atoms with Crippen LogP contribution in [0.25, 0.3) is 0 Å². The molecule has 0 saturated heterocycles. The summed E-state index contributed by atoms with van der Waals surface area (Å²) in [5.74, 6) is -0.422. The minimum absolute atomic E-state index is 0.143. The summed E-state index contributed by atoms with van der Waals surface area (Å²) in [6.07, 6.45) is 0. The largest absolute Gasteiger partial charge is 0.396 e. The number of benzene rings is 2. The minimum atomic E-state index is -0.422. The van der Waals surface area contributed by atoms with Gasteiger partial charge in [-0.1, -0.05) is 35.9 Å². The van der Waals surface area contributed by atoms with E-state index in [1.165, 1.54) is 12.1 Å². The van der Waals surface area contributed by atoms with Crippen LogP contribution < -0.4 is 5.73 Å². The van der Waals surface area contributed by atoms with Crippen molar-refractivity contribution in [1.29, 1.82) is 0 Å². The fraction of sp³-hybridized carbons (Fsp3) is 0.143. The van der Waals surface area contributed by atoms with Crippen molar-refractivity contribution in [3.05, 3.63) is 64.4 Å². The second-order valence-corrected chi connectivity index (χ2v) is 4.35. The lowest BCUT2D eigenvalue weighted by molar-refractivity contribution is 0.107. The Morgan fingerprint density at radius 1 is 1.11 bits per heavy atom. The van der Waals surface area contributed by atoms with Gasteiger partial charge in [0.1, 0.15) is 5.82 Å². The van der Waals surface area contributed by atoms with E-state index in [4.69, 9.17) is 22.1 Å². The van der Waals surface area contributed by atoms with Gasteiger partial charge in [-0.15, -0.1) is 0 Å². The van der Waals surface area contributed by atoms with Gasteiger partial charge in [-0.2, -0.15) is 0 Å². The average Bonchev–Trinajstić information content (AvgIpc) is 2.36. The molecule has 0 aromatic heterocycles. The summed E-state index contributed by atoms with van der Waals surface area (Å²) in [5, 5.41) is 0.668. The molecule has 0 spiro atoms. The molecule has 0 unspecified atom stereocenters. The SMILES string of the molecule is Nc1ccc(COCc2ccccc2Cl)cc1F. The van der Waals surface area contributed by atoms with Gasteiger partial charge >= 0.3 is 0 Å². The zero-order chi connectivity index (χ0) is 13.0. The Labute approximate surface area is 110 Å². The predicted molar refractivity (Wildman–Crippen MR) is 70.8 cm³/mol. The van der Waals surface area contributed by atoms with Crippen molar-refractivity contribution in [2.45, 2.75) is 13.2 Å². The van der Waals surface area contributed by atoms with Crippen molar-refractivity contribution in [2.75, 3.05) is 5.73 Å². The van der Waals surface area contributed by atoms with Gasteiger partial charge in [-0.05, 0) is 29.3 Å². The zero-order valence-corrected chi connectivity index (χ0v) is 10.5. The van der Waals surface area contributed by atoms with E-state index in [2.05, 4.69) is 0 Å². The Hall–Kier alpha value is -1.58. The maximum absolute atomic E-state index is 13.2. The van der Waals surface area contributed by atoms with Crippen LogP contribution in [0.15, 0.2) is 42.5 Å². The summed E-state index contributed by atoms with van der Waals surface area (Å²) in [4.78, 5) is 0. The molecule has 0 aliphatic heterocycles. The highest BCUT2D eigenvalue weighted by molar-refractivity contribution is 6.31. The molecular weight excluding hydrogens is 253 g/mol. The highest BCUT2D eigenvalue weighted by Gasteiger charge is 2.02. The lowest BCUT2D eigenvalue weighted by atomic mass is 10.2. The fourth-order valence-corrected chi connectivity index (χ4v) is 1.75. The molecule has 0 aliphatic rings. The van der Waals surface area contributed by atoms with Crippen LogP contribution in [0, 0.1) is 5.82 Å². The van der Waals surface area contributed by atoms with Crippen molar-refractivity contribution in [1.82, 2.24) is 0 Å². The highest BCUT2D eigenvalue weighted by Crippen LogP contribution is 2.17. The Balaban J connectivity index is 1.92. The molecule has 94 valence electrons. The zero-order valence-electron chi connectivity index (χ0n) is 9.70. The number of hydrogen-bond donors (Lipinski definition) is 1. The van der Waals surface area contributed by atoms with E-state index < -0.39 is 5.82 Å². The molecule has 0 amide bonds. The maximum atomic E-state index is 13.2. The third-order valence-corrected chi connectivity index (χ3v) is 2.92. The van der Waals surface area contributed by atoms with Gasteiger partial charge in [0.15, 0.2) is 0 Å². The van der Waals surface area contributed by atoms with Crippen LogP contribution >= 0.6 is 11.6 Å². The fourth-order valence-electron chi connectivity index (χ4n) is 1.55. The van der Waals surface area contributed by atoms with Gasteiger partial charge in [-0.25, -0.2) is 4.39 Å². The van der Waals surface area contributed by atoms with Crippen LogP contribution in [0.5, 0.6) is 0 Å². The molecule has 0 heterocycles. The number of nitrogens with two attached hydrogens (primary N) is 1. The molecule has 2 rings (SSSR count). The Kier molecular flexibility index (Phi) is 4.18. The van der Waals surface area contributed by atoms with Crippen molar-refractivity contribution >= 4 is 17.3 Å². The minimum Gasteiger partial charge on any atom is -0.396 e. The first-order valence-electron chi connectivity index (χ1n) is 5.52. The summed E-state index contributed by atoms with van der Waals surface area (Å²) in [7, 11) is 0. The second kappa shape index (κ2) is 5.85. The molecule has 0 aliphatic carbocycles. The smallest absolute Gasteiger partial charge is 0.146 e. The van der Waals surface area contributed by atoms with Crippen molar-refractivity contribution in [2.24, 2.45) is 0 Å². The number of rotatable bonds is 4. The van der Waals surface area contributed by atoms with E-state index in [9.17, 15) is 4.39 Å². The highest BCUT2D eigenvalue weighted by atomic mass is 35.5. The number of hydrogen-bond acceptors (Lipinski definition) is 2. The third kappa shape index (κ3) is 3.22. The van der Waals surface area contributed by atoms with Crippen LogP contribution in [-0.4, -0.2) is 0 Å². The summed E-state index contributed by atoms with van der Waals surface area (Å²) in [6, 6.07) is 12.1. The Bertz CT molecular complexity index is 545. The van der Waals surface area contributed by atoms with Crippen LogP contribution in [0.2, 0.25) is 5.02 Å². The molecule has 2 nitrogen and oxygen atoms in total. The first-order chi connectivity index (χ1) is 8.66. The standard InChI is InChI=1S/C14H13ClFNO/c15-12-4-2-1-3-11(12)9-18-8-10-5-6-14(17)13(16)7-10/h1-7H,8-9,17H2. The van der Waals surface area contributed by atoms with Gasteiger partial charge in [-0.3, -0.25) is 0 Å². The van der Waals surface area contributed by atoms with E-state index in [0.717, 1.165) is 11.1 Å². The molecule has 2 N–H and O–H groups in total. The molecule has 0 radical (unpaired) electrons. The first-order valence-corrected chi connectivity index (χ1v) is 5.89. The number of halogens is 2. The molecule has 2 aromatic carbocycles. The normalized spacial score (nSPS) is 10.6. The molecular formula is C14H13ClFNO. The van der Waals surface area contributed by atoms with Gasteiger partial charge in [0.25, 0.3) is 0 Å². The third-order valence-electron chi connectivity index (χ3n) is 2.55. The molecule has 0 bridgehead atoms. The van der Waals surface area contributed by atoms with E-state index in [1.54, 1.807) is 6.07 Å². The summed E-state index contributed by atoms with van der Waals surface area (Å²) >= 11 is 6.00. The van der Waals surface area contributed by atoms with E-state index in [-0.39, 0.29) is 5.69 Å². The van der Waals surface area contributed by atoms with Crippen LogP contribution in [0.3, 0.4) is 0 Å². The molecule has 0 saturated carbocycles. The predicted octanol–water partition coefficient (Wildman–Crippen LogP) is 3.78. The van der Waals surface area contributed by atoms with Crippen molar-refractivity contribution in [3.8, 4) is 0 Å². The Morgan fingerprint density at radius 2 is 1.89 bits per heavy atom. The van der Waals surface area contributed by atoms with E-state index >= 15 is 0 Å². The van der Waals surface area contributed by atoms with Gasteiger partial charge in [0, 0.05) is 5.02 Å². The lowest BCUT2D eigenvalue weighted by Crippen LogP contribution is -1.97. The molecule has 4 heteroatoms.